The Balaban J connectivity index is 1.38. The molecule has 0 bridgehead atoms. The van der Waals surface area contributed by atoms with Crippen LogP contribution < -0.4 is 9.47 Å². The maximum atomic E-state index is 13.2. The fraction of sp³-hybridized carbons (Fsp3) is 0.154. The van der Waals surface area contributed by atoms with Crippen LogP contribution >= 0.6 is 0 Å². The summed E-state index contributed by atoms with van der Waals surface area (Å²) in [6.45, 7) is 0. The predicted octanol–water partition coefficient (Wildman–Crippen LogP) is 2.72. The van der Waals surface area contributed by atoms with Gasteiger partial charge in [0.1, 0.15) is 6.04 Å². The lowest BCUT2D eigenvalue weighted by Gasteiger charge is -2.28. The molecule has 0 saturated carbocycles. The molecule has 2 unspecified atom stereocenters. The van der Waals surface area contributed by atoms with E-state index in [1.54, 1.807) is 0 Å². The maximum Gasteiger partial charge on any atom is 0.345 e. The first-order chi connectivity index (χ1) is 16.9. The Morgan fingerprint density at radius 1 is 0.829 bits per heavy atom. The third kappa shape index (κ3) is 3.01. The van der Waals surface area contributed by atoms with Crippen molar-refractivity contribution in [2.24, 2.45) is 0 Å². The first-order valence-electron chi connectivity index (χ1n) is 10.9. The fourth-order valence-electron chi connectivity index (χ4n) is 4.68. The SMILES string of the molecule is O=C(O)C1CC(N2C(=O)c3cc4c(cc3C2=O)OC(c2ccccc2)(c2ccccc2)O4)C(=O)O1. The van der Waals surface area contributed by atoms with E-state index in [4.69, 9.17) is 19.3 Å². The third-order valence-electron chi connectivity index (χ3n) is 6.35. The van der Waals surface area contributed by atoms with E-state index in [1.807, 2.05) is 60.7 Å². The standard InChI is InChI=1S/C26H17NO8/c28-22-16-11-19-20(12-17(16)23(29)27(22)18-13-21(24(30)31)33-25(18)32)35-26(34-19,14-7-3-1-4-8-14)15-9-5-2-6-10-15/h1-12,18,21H,13H2,(H,30,31). The lowest BCUT2D eigenvalue weighted by atomic mass is 9.97. The molecule has 3 heterocycles. The van der Waals surface area contributed by atoms with Crippen molar-refractivity contribution in [1.29, 1.82) is 0 Å². The average Bonchev–Trinajstić information content (AvgIpc) is 3.52. The van der Waals surface area contributed by atoms with Crippen LogP contribution in [0.15, 0.2) is 72.8 Å². The molecule has 9 heteroatoms. The molecule has 9 nitrogen and oxygen atoms in total. The number of carboxylic acids is 1. The number of esters is 1. The van der Waals surface area contributed by atoms with Crippen LogP contribution in [-0.2, 0) is 20.1 Å². The number of benzene rings is 3. The van der Waals surface area contributed by atoms with Crippen molar-refractivity contribution in [1.82, 2.24) is 4.90 Å². The molecule has 3 aromatic rings. The Hall–Kier alpha value is -4.66. The molecule has 1 saturated heterocycles. The van der Waals surface area contributed by atoms with Gasteiger partial charge in [-0.1, -0.05) is 60.7 Å². The first kappa shape index (κ1) is 20.9. The molecule has 0 spiro atoms. The van der Waals surface area contributed by atoms with Gasteiger partial charge in [0.05, 0.1) is 11.1 Å². The molecule has 1 N–H and O–H groups in total. The van der Waals surface area contributed by atoms with Crippen LogP contribution in [-0.4, -0.2) is 45.9 Å². The highest BCUT2D eigenvalue weighted by molar-refractivity contribution is 6.23. The van der Waals surface area contributed by atoms with E-state index in [0.717, 1.165) is 16.0 Å². The highest BCUT2D eigenvalue weighted by atomic mass is 16.7. The Bertz CT molecular complexity index is 1320. The van der Waals surface area contributed by atoms with Crippen molar-refractivity contribution >= 4 is 23.8 Å². The number of carbonyl (C=O) groups is 4. The van der Waals surface area contributed by atoms with Crippen molar-refractivity contribution < 1.29 is 38.5 Å². The minimum atomic E-state index is -1.41. The normalized spacial score (nSPS) is 21.7. The van der Waals surface area contributed by atoms with Gasteiger partial charge >= 0.3 is 17.7 Å². The van der Waals surface area contributed by atoms with Crippen LogP contribution in [0, 0.1) is 0 Å². The summed E-state index contributed by atoms with van der Waals surface area (Å²) in [5.41, 5.74) is 1.52. The summed E-state index contributed by atoms with van der Waals surface area (Å²) in [7, 11) is 0. The van der Waals surface area contributed by atoms with Crippen molar-refractivity contribution in [2.75, 3.05) is 0 Å². The van der Waals surface area contributed by atoms with Crippen LogP contribution in [0.2, 0.25) is 0 Å². The van der Waals surface area contributed by atoms with Crippen molar-refractivity contribution in [2.45, 2.75) is 24.4 Å². The Labute approximate surface area is 198 Å². The number of amides is 2. The smallest absolute Gasteiger partial charge is 0.345 e. The molecule has 2 atom stereocenters. The van der Waals surface area contributed by atoms with E-state index in [9.17, 15) is 19.2 Å². The van der Waals surface area contributed by atoms with E-state index in [1.165, 1.54) is 12.1 Å². The van der Waals surface area contributed by atoms with Gasteiger partial charge in [0.2, 0.25) is 6.10 Å². The molecular formula is C26H17NO8. The summed E-state index contributed by atoms with van der Waals surface area (Å²) in [6, 6.07) is 20.1. The second-order valence-corrected chi connectivity index (χ2v) is 8.39. The Morgan fingerprint density at radius 3 is 1.74 bits per heavy atom. The Morgan fingerprint density at radius 2 is 1.31 bits per heavy atom. The maximum absolute atomic E-state index is 13.2. The molecule has 6 rings (SSSR count). The molecular weight excluding hydrogens is 454 g/mol. The number of fused-ring (bicyclic) bond motifs is 2. The molecule has 35 heavy (non-hydrogen) atoms. The van der Waals surface area contributed by atoms with Gasteiger partial charge < -0.3 is 19.3 Å². The van der Waals surface area contributed by atoms with Crippen LogP contribution in [0.3, 0.4) is 0 Å². The number of carboxylic acid groups (broad SMARTS) is 1. The minimum Gasteiger partial charge on any atom is -0.479 e. The van der Waals surface area contributed by atoms with Gasteiger partial charge in [-0.3, -0.25) is 14.5 Å². The number of ether oxygens (including phenoxy) is 3. The molecule has 3 aromatic carbocycles. The van der Waals surface area contributed by atoms with Gasteiger partial charge in [-0.2, -0.15) is 0 Å². The van der Waals surface area contributed by atoms with Gasteiger partial charge in [0, 0.05) is 17.5 Å². The number of imide groups is 1. The number of rotatable bonds is 4. The quantitative estimate of drug-likeness (QED) is 0.456. The van der Waals surface area contributed by atoms with Gasteiger partial charge in [0.15, 0.2) is 11.5 Å². The zero-order valence-electron chi connectivity index (χ0n) is 18.0. The molecule has 3 aliphatic heterocycles. The topological polar surface area (TPSA) is 119 Å². The molecule has 2 amide bonds. The zero-order chi connectivity index (χ0) is 24.3. The minimum absolute atomic E-state index is 0.0425. The molecule has 0 radical (unpaired) electrons. The van der Waals surface area contributed by atoms with Gasteiger partial charge in [-0.05, 0) is 12.1 Å². The number of carbonyl (C=O) groups excluding carboxylic acids is 3. The summed E-state index contributed by atoms with van der Waals surface area (Å²) < 4.78 is 17.5. The summed E-state index contributed by atoms with van der Waals surface area (Å²) >= 11 is 0. The fourth-order valence-corrected chi connectivity index (χ4v) is 4.68. The lowest BCUT2D eigenvalue weighted by Crippen LogP contribution is -2.42. The second-order valence-electron chi connectivity index (χ2n) is 8.39. The van der Waals surface area contributed by atoms with Crippen molar-refractivity contribution in [3.8, 4) is 11.5 Å². The van der Waals surface area contributed by atoms with E-state index in [2.05, 4.69) is 0 Å². The van der Waals surface area contributed by atoms with Gasteiger partial charge in [-0.15, -0.1) is 0 Å². The van der Waals surface area contributed by atoms with Crippen LogP contribution in [0.4, 0.5) is 0 Å². The van der Waals surface area contributed by atoms with Crippen molar-refractivity contribution in [3.05, 3.63) is 95.1 Å². The van der Waals surface area contributed by atoms with Crippen LogP contribution in [0.25, 0.3) is 0 Å². The van der Waals surface area contributed by atoms with Gasteiger partial charge in [-0.25, -0.2) is 9.59 Å². The highest BCUT2D eigenvalue weighted by Crippen LogP contribution is 2.49. The highest BCUT2D eigenvalue weighted by Gasteiger charge is 2.52. The molecule has 0 aliphatic carbocycles. The number of aliphatic carboxylic acids is 1. The molecule has 1 fully saturated rings. The second kappa shape index (κ2) is 7.42. The van der Waals surface area contributed by atoms with Gasteiger partial charge in [0.25, 0.3) is 11.8 Å². The zero-order valence-corrected chi connectivity index (χ0v) is 18.0. The lowest BCUT2D eigenvalue weighted by molar-refractivity contribution is -0.157. The van der Waals surface area contributed by atoms with Crippen LogP contribution in [0.5, 0.6) is 11.5 Å². The number of cyclic esters (lactones) is 1. The number of hydrogen-bond donors (Lipinski definition) is 1. The third-order valence-corrected chi connectivity index (χ3v) is 6.35. The number of nitrogens with zero attached hydrogens (tertiary/aromatic N) is 1. The number of hydrogen-bond acceptors (Lipinski definition) is 7. The summed E-state index contributed by atoms with van der Waals surface area (Å²) in [4.78, 5) is 50.6. The van der Waals surface area contributed by atoms with E-state index in [-0.39, 0.29) is 29.0 Å². The first-order valence-corrected chi connectivity index (χ1v) is 10.9. The van der Waals surface area contributed by atoms with E-state index >= 15 is 0 Å². The molecule has 3 aliphatic rings. The average molecular weight is 471 g/mol. The Kier molecular flexibility index (Phi) is 4.44. The summed E-state index contributed by atoms with van der Waals surface area (Å²) in [5, 5.41) is 9.15. The van der Waals surface area contributed by atoms with E-state index in [0.29, 0.717) is 0 Å². The summed E-state index contributed by atoms with van der Waals surface area (Å²) in [6.07, 6.45) is -1.72. The molecule has 0 aromatic heterocycles. The molecule has 174 valence electrons. The van der Waals surface area contributed by atoms with Crippen molar-refractivity contribution in [3.63, 3.8) is 0 Å². The largest absolute Gasteiger partial charge is 0.479 e. The predicted molar refractivity (Wildman–Crippen MR) is 118 cm³/mol. The van der Waals surface area contributed by atoms with E-state index < -0.39 is 41.7 Å². The summed E-state index contributed by atoms with van der Waals surface area (Å²) in [5.74, 6) is -4.51. The monoisotopic (exact) mass is 471 g/mol. The van der Waals surface area contributed by atoms with Crippen LogP contribution in [0.1, 0.15) is 38.3 Å².